The van der Waals surface area contributed by atoms with Crippen LogP contribution in [0.5, 0.6) is 0 Å². The first-order valence-corrected chi connectivity index (χ1v) is 9.04. The van der Waals surface area contributed by atoms with Crippen LogP contribution >= 0.6 is 0 Å². The van der Waals surface area contributed by atoms with Crippen molar-refractivity contribution in [3.05, 3.63) is 47.3 Å². The van der Waals surface area contributed by atoms with E-state index in [0.717, 1.165) is 43.6 Å². The maximum atomic E-state index is 12.7. The summed E-state index contributed by atoms with van der Waals surface area (Å²) < 4.78 is 1.96. The van der Waals surface area contributed by atoms with E-state index < -0.39 is 0 Å². The molecule has 0 N–H and O–H groups in total. The summed E-state index contributed by atoms with van der Waals surface area (Å²) in [6.45, 7) is 3.68. The first-order valence-electron chi connectivity index (χ1n) is 9.04. The molecule has 0 spiro atoms. The number of carbonyl (C=O) groups excluding carboxylic acids is 1. The Kier molecular flexibility index (Phi) is 4.08. The number of aromatic nitrogens is 3. The molecule has 126 valence electrons. The average molecular weight is 324 g/mol. The van der Waals surface area contributed by atoms with Crippen molar-refractivity contribution in [2.24, 2.45) is 0 Å². The predicted octanol–water partition coefficient (Wildman–Crippen LogP) is 3.20. The standard InChI is InChI=1S/C19H24N4O/c1-2-3-14-4-6-16(7-5-14)19(24)22-11-10-17(12-22)23-13-18(20-21-23)15-8-9-15/h4-7,13,15,17H,2-3,8-12H2,1H3. The third kappa shape index (κ3) is 3.07. The van der Waals surface area contributed by atoms with Gasteiger partial charge in [-0.25, -0.2) is 4.68 Å². The summed E-state index contributed by atoms with van der Waals surface area (Å²) in [5, 5.41) is 8.57. The van der Waals surface area contributed by atoms with Gasteiger partial charge in [0.05, 0.1) is 11.7 Å². The number of hydrogen-bond donors (Lipinski definition) is 0. The second kappa shape index (κ2) is 6.38. The molecule has 1 atom stereocenters. The zero-order valence-electron chi connectivity index (χ0n) is 14.2. The fourth-order valence-corrected chi connectivity index (χ4v) is 3.46. The number of hydrogen-bond acceptors (Lipinski definition) is 3. The number of aryl methyl sites for hydroxylation is 1. The Hall–Kier alpha value is -2.17. The molecule has 2 aliphatic rings. The van der Waals surface area contributed by atoms with Crippen molar-refractivity contribution in [3.63, 3.8) is 0 Å². The summed E-state index contributed by atoms with van der Waals surface area (Å²) in [4.78, 5) is 14.6. The van der Waals surface area contributed by atoms with Gasteiger partial charge < -0.3 is 4.90 Å². The molecule has 1 amide bonds. The second-order valence-electron chi connectivity index (χ2n) is 7.04. The van der Waals surface area contributed by atoms with E-state index >= 15 is 0 Å². The minimum absolute atomic E-state index is 0.128. The molecule has 1 aromatic carbocycles. The normalized spacial score (nSPS) is 20.5. The summed E-state index contributed by atoms with van der Waals surface area (Å²) in [7, 11) is 0. The molecule has 2 heterocycles. The van der Waals surface area contributed by atoms with Gasteiger partial charge in [0.25, 0.3) is 5.91 Å². The fraction of sp³-hybridized carbons (Fsp3) is 0.526. The molecule has 1 saturated carbocycles. The summed E-state index contributed by atoms with van der Waals surface area (Å²) in [5.74, 6) is 0.752. The topological polar surface area (TPSA) is 51.0 Å². The SMILES string of the molecule is CCCc1ccc(C(=O)N2CCC(n3cc(C4CC4)nn3)C2)cc1. The molecule has 5 nitrogen and oxygen atoms in total. The Morgan fingerprint density at radius 2 is 2.00 bits per heavy atom. The van der Waals surface area contributed by atoms with Crippen molar-refractivity contribution < 1.29 is 4.79 Å². The van der Waals surface area contributed by atoms with Crippen LogP contribution in [0.2, 0.25) is 0 Å². The molecule has 1 aliphatic heterocycles. The number of amides is 1. The number of likely N-dealkylation sites (tertiary alicyclic amines) is 1. The third-order valence-electron chi connectivity index (χ3n) is 5.09. The minimum Gasteiger partial charge on any atom is -0.336 e. The lowest BCUT2D eigenvalue weighted by Gasteiger charge is -2.16. The van der Waals surface area contributed by atoms with Gasteiger partial charge >= 0.3 is 0 Å². The van der Waals surface area contributed by atoms with Crippen LogP contribution in [-0.2, 0) is 6.42 Å². The van der Waals surface area contributed by atoms with Crippen molar-refractivity contribution in [1.82, 2.24) is 19.9 Å². The molecular formula is C19H24N4O. The third-order valence-corrected chi connectivity index (χ3v) is 5.09. The Labute approximate surface area is 142 Å². The molecule has 2 aromatic rings. The number of rotatable bonds is 5. The molecule has 1 unspecified atom stereocenters. The zero-order chi connectivity index (χ0) is 16.5. The van der Waals surface area contributed by atoms with E-state index in [9.17, 15) is 4.79 Å². The van der Waals surface area contributed by atoms with Gasteiger partial charge in [0.15, 0.2) is 0 Å². The highest BCUT2D eigenvalue weighted by Crippen LogP contribution is 2.39. The molecule has 1 saturated heterocycles. The van der Waals surface area contributed by atoms with Crippen molar-refractivity contribution >= 4 is 5.91 Å². The summed E-state index contributed by atoms with van der Waals surface area (Å²) in [5.41, 5.74) is 3.20. The number of carbonyl (C=O) groups is 1. The van der Waals surface area contributed by atoms with Crippen molar-refractivity contribution in [3.8, 4) is 0 Å². The van der Waals surface area contributed by atoms with Gasteiger partial charge in [-0.3, -0.25) is 4.79 Å². The van der Waals surface area contributed by atoms with Crippen LogP contribution in [0.4, 0.5) is 0 Å². The Bertz CT molecular complexity index is 717. The summed E-state index contributed by atoms with van der Waals surface area (Å²) in [6, 6.07) is 8.32. The predicted molar refractivity (Wildman–Crippen MR) is 92.0 cm³/mol. The minimum atomic E-state index is 0.128. The van der Waals surface area contributed by atoms with E-state index in [2.05, 4.69) is 35.6 Å². The highest BCUT2D eigenvalue weighted by molar-refractivity contribution is 5.94. The van der Waals surface area contributed by atoms with E-state index in [1.165, 1.54) is 18.4 Å². The van der Waals surface area contributed by atoms with Gasteiger partial charge in [-0.2, -0.15) is 0 Å². The zero-order valence-corrected chi connectivity index (χ0v) is 14.2. The molecule has 0 bridgehead atoms. The first kappa shape index (κ1) is 15.4. The van der Waals surface area contributed by atoms with Crippen LogP contribution in [0, 0.1) is 0 Å². The molecule has 24 heavy (non-hydrogen) atoms. The van der Waals surface area contributed by atoms with Gasteiger partial charge in [0, 0.05) is 30.8 Å². The monoisotopic (exact) mass is 324 g/mol. The number of benzene rings is 1. The highest BCUT2D eigenvalue weighted by atomic mass is 16.2. The fourth-order valence-electron chi connectivity index (χ4n) is 3.46. The van der Waals surface area contributed by atoms with E-state index in [4.69, 9.17) is 0 Å². The molecular weight excluding hydrogens is 300 g/mol. The highest BCUT2D eigenvalue weighted by Gasteiger charge is 2.31. The van der Waals surface area contributed by atoms with Crippen molar-refractivity contribution in [2.45, 2.75) is 51.0 Å². The smallest absolute Gasteiger partial charge is 0.253 e. The molecule has 0 radical (unpaired) electrons. The lowest BCUT2D eigenvalue weighted by Crippen LogP contribution is -2.29. The van der Waals surface area contributed by atoms with E-state index in [1.807, 2.05) is 21.7 Å². The van der Waals surface area contributed by atoms with Gasteiger partial charge in [-0.05, 0) is 43.4 Å². The molecule has 1 aliphatic carbocycles. The van der Waals surface area contributed by atoms with E-state index in [-0.39, 0.29) is 11.9 Å². The second-order valence-corrected chi connectivity index (χ2v) is 7.04. The van der Waals surface area contributed by atoms with E-state index in [1.54, 1.807) is 0 Å². The quantitative estimate of drug-likeness (QED) is 0.848. The molecule has 4 rings (SSSR count). The Morgan fingerprint density at radius 3 is 2.71 bits per heavy atom. The van der Waals surface area contributed by atoms with Gasteiger partial charge in [-0.15, -0.1) is 5.10 Å². The maximum Gasteiger partial charge on any atom is 0.253 e. The Balaban J connectivity index is 1.40. The number of nitrogens with zero attached hydrogens (tertiary/aromatic N) is 4. The largest absolute Gasteiger partial charge is 0.336 e. The summed E-state index contributed by atoms with van der Waals surface area (Å²) in [6.07, 6.45) is 7.70. The van der Waals surface area contributed by atoms with Gasteiger partial charge in [-0.1, -0.05) is 30.7 Å². The van der Waals surface area contributed by atoms with Crippen LogP contribution < -0.4 is 0 Å². The molecule has 5 heteroatoms. The lowest BCUT2D eigenvalue weighted by molar-refractivity contribution is 0.0787. The first-order chi connectivity index (χ1) is 11.7. The van der Waals surface area contributed by atoms with Crippen LogP contribution in [-0.4, -0.2) is 38.9 Å². The maximum absolute atomic E-state index is 12.7. The lowest BCUT2D eigenvalue weighted by atomic mass is 10.1. The molecule has 2 fully saturated rings. The van der Waals surface area contributed by atoms with Crippen molar-refractivity contribution in [1.29, 1.82) is 0 Å². The summed E-state index contributed by atoms with van der Waals surface area (Å²) >= 11 is 0. The van der Waals surface area contributed by atoms with E-state index in [0.29, 0.717) is 5.92 Å². The van der Waals surface area contributed by atoms with Crippen LogP contribution in [0.1, 0.15) is 66.2 Å². The van der Waals surface area contributed by atoms with Gasteiger partial charge in [0.1, 0.15) is 0 Å². The van der Waals surface area contributed by atoms with Crippen LogP contribution in [0.3, 0.4) is 0 Å². The average Bonchev–Trinajstić information content (AvgIpc) is 3.13. The van der Waals surface area contributed by atoms with Gasteiger partial charge in [0.2, 0.25) is 0 Å². The molecule has 1 aromatic heterocycles. The van der Waals surface area contributed by atoms with Crippen LogP contribution in [0.15, 0.2) is 30.5 Å². The van der Waals surface area contributed by atoms with Crippen LogP contribution in [0.25, 0.3) is 0 Å². The van der Waals surface area contributed by atoms with Crippen molar-refractivity contribution in [2.75, 3.05) is 13.1 Å². The Morgan fingerprint density at radius 1 is 1.21 bits per heavy atom.